The Morgan fingerprint density at radius 1 is 1.62 bits per heavy atom. The summed E-state index contributed by atoms with van der Waals surface area (Å²) in [4.78, 5) is 0. The van der Waals surface area contributed by atoms with Gasteiger partial charge in [0.1, 0.15) is 5.41 Å². The molecule has 0 aromatic carbocycles. The van der Waals surface area contributed by atoms with Gasteiger partial charge in [0.15, 0.2) is 4.60 Å². The van der Waals surface area contributed by atoms with Crippen molar-refractivity contribution >= 4 is 15.9 Å². The highest BCUT2D eigenvalue weighted by atomic mass is 79.9. The Hall–Kier alpha value is -0.890. The molecule has 0 bridgehead atoms. The van der Waals surface area contributed by atoms with Crippen LogP contribution in [0.3, 0.4) is 0 Å². The Bertz CT molecular complexity index is 352. The lowest BCUT2D eigenvalue weighted by Gasteiger charge is -2.34. The van der Waals surface area contributed by atoms with Gasteiger partial charge in [-0.1, -0.05) is 5.21 Å². The third-order valence-corrected chi connectivity index (χ3v) is 3.19. The molecule has 1 heterocycles. The summed E-state index contributed by atoms with van der Waals surface area (Å²) in [5, 5.41) is 16.9. The largest absolute Gasteiger partial charge is 0.250 e. The average Bonchev–Trinajstić information content (AvgIpc) is 2.35. The number of rotatable bonds is 1. The van der Waals surface area contributed by atoms with E-state index in [2.05, 4.69) is 32.3 Å². The summed E-state index contributed by atoms with van der Waals surface area (Å²) in [7, 11) is 1.82. The maximum absolute atomic E-state index is 9.12. The van der Waals surface area contributed by atoms with Crippen LogP contribution in [-0.4, -0.2) is 15.0 Å². The summed E-state index contributed by atoms with van der Waals surface area (Å²) < 4.78 is 2.39. The quantitative estimate of drug-likeness (QED) is 0.749. The molecule has 1 aliphatic rings. The second-order valence-corrected chi connectivity index (χ2v) is 4.15. The fraction of sp³-hybridized carbons (Fsp3) is 0.625. The molecule has 0 amide bonds. The summed E-state index contributed by atoms with van der Waals surface area (Å²) in [5.74, 6) is 0. The van der Waals surface area contributed by atoms with E-state index < -0.39 is 0 Å². The number of halogens is 1. The van der Waals surface area contributed by atoms with Crippen LogP contribution in [0.1, 0.15) is 25.0 Å². The van der Waals surface area contributed by atoms with E-state index in [1.807, 2.05) is 7.05 Å². The highest BCUT2D eigenvalue weighted by Crippen LogP contribution is 2.44. The maximum Gasteiger partial charge on any atom is 0.153 e. The SMILES string of the molecule is Cn1nnc(Br)c1C1(C#N)CCC1. The van der Waals surface area contributed by atoms with E-state index in [9.17, 15) is 0 Å². The van der Waals surface area contributed by atoms with Crippen LogP contribution in [0.15, 0.2) is 4.60 Å². The molecule has 0 aliphatic heterocycles. The molecule has 13 heavy (non-hydrogen) atoms. The molecule has 1 aromatic rings. The number of hydrogen-bond donors (Lipinski definition) is 0. The maximum atomic E-state index is 9.12. The van der Waals surface area contributed by atoms with Gasteiger partial charge >= 0.3 is 0 Å². The third-order valence-electron chi connectivity index (χ3n) is 2.66. The topological polar surface area (TPSA) is 54.5 Å². The van der Waals surface area contributed by atoms with Gasteiger partial charge < -0.3 is 0 Å². The van der Waals surface area contributed by atoms with E-state index >= 15 is 0 Å². The summed E-state index contributed by atoms with van der Waals surface area (Å²) >= 11 is 3.32. The second-order valence-electron chi connectivity index (χ2n) is 3.40. The predicted octanol–water partition coefficient (Wildman–Crippen LogP) is 1.52. The van der Waals surface area contributed by atoms with Gasteiger partial charge in [0.05, 0.1) is 11.8 Å². The average molecular weight is 241 g/mol. The van der Waals surface area contributed by atoms with E-state index in [4.69, 9.17) is 5.26 Å². The molecule has 1 saturated carbocycles. The van der Waals surface area contributed by atoms with Crippen molar-refractivity contribution in [1.82, 2.24) is 15.0 Å². The van der Waals surface area contributed by atoms with Crippen LogP contribution < -0.4 is 0 Å². The molecule has 1 aromatic heterocycles. The van der Waals surface area contributed by atoms with Crippen LogP contribution in [0.25, 0.3) is 0 Å². The highest BCUT2D eigenvalue weighted by Gasteiger charge is 2.43. The zero-order valence-electron chi connectivity index (χ0n) is 7.29. The zero-order valence-corrected chi connectivity index (χ0v) is 8.87. The first-order chi connectivity index (χ1) is 6.19. The van der Waals surface area contributed by atoms with Crippen molar-refractivity contribution in [2.45, 2.75) is 24.7 Å². The molecule has 1 fully saturated rings. The molecule has 0 saturated heterocycles. The first-order valence-electron chi connectivity index (χ1n) is 4.16. The third kappa shape index (κ3) is 1.09. The van der Waals surface area contributed by atoms with Crippen LogP contribution in [0.5, 0.6) is 0 Å². The van der Waals surface area contributed by atoms with Gasteiger partial charge in [0.2, 0.25) is 0 Å². The van der Waals surface area contributed by atoms with Gasteiger partial charge in [-0.2, -0.15) is 5.26 Å². The van der Waals surface area contributed by atoms with Gasteiger partial charge in [-0.15, -0.1) is 5.10 Å². The van der Waals surface area contributed by atoms with Crippen LogP contribution in [0, 0.1) is 11.3 Å². The second kappa shape index (κ2) is 2.81. The first-order valence-corrected chi connectivity index (χ1v) is 4.96. The van der Waals surface area contributed by atoms with Crippen molar-refractivity contribution in [1.29, 1.82) is 5.26 Å². The predicted molar refractivity (Wildman–Crippen MR) is 49.8 cm³/mol. The fourth-order valence-electron chi connectivity index (χ4n) is 1.77. The standard InChI is InChI=1S/C8H9BrN4/c1-13-6(7(9)11-12-13)8(5-10)3-2-4-8/h2-4H2,1H3. The van der Waals surface area contributed by atoms with Gasteiger partial charge in [0, 0.05) is 7.05 Å². The summed E-state index contributed by atoms with van der Waals surface area (Å²) in [6.45, 7) is 0. The lowest BCUT2D eigenvalue weighted by molar-refractivity contribution is 0.304. The van der Waals surface area contributed by atoms with E-state index in [-0.39, 0.29) is 5.41 Å². The van der Waals surface area contributed by atoms with Gasteiger partial charge in [0.25, 0.3) is 0 Å². The van der Waals surface area contributed by atoms with E-state index in [1.165, 1.54) is 0 Å². The number of aryl methyl sites for hydroxylation is 1. The molecule has 0 N–H and O–H groups in total. The van der Waals surface area contributed by atoms with Crippen molar-refractivity contribution in [3.8, 4) is 6.07 Å². The Balaban J connectivity index is 2.50. The molecule has 4 nitrogen and oxygen atoms in total. The number of hydrogen-bond acceptors (Lipinski definition) is 3. The smallest absolute Gasteiger partial charge is 0.153 e. The van der Waals surface area contributed by atoms with Crippen molar-refractivity contribution < 1.29 is 0 Å². The van der Waals surface area contributed by atoms with Crippen LogP contribution in [-0.2, 0) is 12.5 Å². The zero-order chi connectivity index (χ0) is 9.47. The van der Waals surface area contributed by atoms with E-state index in [0.29, 0.717) is 4.60 Å². The summed E-state index contributed by atoms with van der Waals surface area (Å²) in [6, 6.07) is 2.37. The van der Waals surface area contributed by atoms with Crippen LogP contribution >= 0.6 is 15.9 Å². The van der Waals surface area contributed by atoms with Crippen molar-refractivity contribution in [2.75, 3.05) is 0 Å². The fourth-order valence-corrected chi connectivity index (χ4v) is 2.48. The molecule has 0 spiro atoms. The molecule has 68 valence electrons. The number of nitrogens with zero attached hydrogens (tertiary/aromatic N) is 4. The van der Waals surface area contributed by atoms with Crippen molar-refractivity contribution in [2.24, 2.45) is 7.05 Å². The Kier molecular flexibility index (Phi) is 1.88. The van der Waals surface area contributed by atoms with Crippen LogP contribution in [0.2, 0.25) is 0 Å². The summed E-state index contributed by atoms with van der Waals surface area (Å²) in [6.07, 6.45) is 2.96. The van der Waals surface area contributed by atoms with Gasteiger partial charge in [-0.05, 0) is 35.2 Å². The van der Waals surface area contributed by atoms with Crippen LogP contribution in [0.4, 0.5) is 0 Å². The minimum atomic E-state index is -0.336. The Labute approximate surface area is 84.7 Å². The van der Waals surface area contributed by atoms with E-state index in [0.717, 1.165) is 25.0 Å². The molecular formula is C8H9BrN4. The van der Waals surface area contributed by atoms with Gasteiger partial charge in [-0.25, -0.2) is 4.68 Å². The van der Waals surface area contributed by atoms with E-state index in [1.54, 1.807) is 4.68 Å². The molecular weight excluding hydrogens is 232 g/mol. The minimum absolute atomic E-state index is 0.336. The first kappa shape index (κ1) is 8.70. The number of aromatic nitrogens is 3. The van der Waals surface area contributed by atoms with Crippen molar-refractivity contribution in [3.05, 3.63) is 10.3 Å². The number of nitriles is 1. The van der Waals surface area contributed by atoms with Crippen molar-refractivity contribution in [3.63, 3.8) is 0 Å². The molecule has 0 radical (unpaired) electrons. The highest BCUT2D eigenvalue weighted by molar-refractivity contribution is 9.10. The lowest BCUT2D eigenvalue weighted by atomic mass is 9.68. The minimum Gasteiger partial charge on any atom is -0.250 e. The molecule has 0 atom stereocenters. The van der Waals surface area contributed by atoms with Gasteiger partial charge in [-0.3, -0.25) is 0 Å². The molecule has 0 unspecified atom stereocenters. The Morgan fingerprint density at radius 2 is 2.31 bits per heavy atom. The molecule has 1 aliphatic carbocycles. The molecule has 2 rings (SSSR count). The summed E-state index contributed by atoms with van der Waals surface area (Å²) in [5.41, 5.74) is 0.582. The molecule has 5 heteroatoms. The Morgan fingerprint density at radius 3 is 2.62 bits per heavy atom. The monoisotopic (exact) mass is 240 g/mol. The normalized spacial score (nSPS) is 19.2. The lowest BCUT2D eigenvalue weighted by Crippen LogP contribution is -2.34.